The molecule has 0 amide bonds. The first kappa shape index (κ1) is 11.3. The maximum absolute atomic E-state index is 5.42. The van der Waals surface area contributed by atoms with Crippen LogP contribution in [0.2, 0.25) is 0 Å². The Morgan fingerprint density at radius 2 is 2.36 bits per heavy atom. The fourth-order valence-corrected chi connectivity index (χ4v) is 1.51. The van der Waals surface area contributed by atoms with Crippen molar-refractivity contribution >= 4 is 0 Å². The lowest BCUT2D eigenvalue weighted by Gasteiger charge is -2.08. The van der Waals surface area contributed by atoms with Crippen molar-refractivity contribution in [3.8, 4) is 0 Å². The van der Waals surface area contributed by atoms with E-state index in [4.69, 9.17) is 5.73 Å². The highest BCUT2D eigenvalue weighted by molar-refractivity contribution is 5.06. The predicted molar refractivity (Wildman–Crippen MR) is 60.1 cm³/mol. The van der Waals surface area contributed by atoms with Gasteiger partial charge in [0, 0.05) is 25.0 Å². The smallest absolute Gasteiger partial charge is 0.0359 e. The third-order valence-electron chi connectivity index (χ3n) is 2.25. The lowest BCUT2D eigenvalue weighted by atomic mass is 10.3. The van der Waals surface area contributed by atoms with Gasteiger partial charge in [0.05, 0.1) is 0 Å². The average molecular weight is 195 g/mol. The molecule has 1 rings (SSSR count). The van der Waals surface area contributed by atoms with Gasteiger partial charge in [-0.2, -0.15) is 0 Å². The van der Waals surface area contributed by atoms with E-state index in [0.29, 0.717) is 0 Å². The fraction of sp³-hybridized carbons (Fsp3) is 0.636. The summed E-state index contributed by atoms with van der Waals surface area (Å²) in [5.41, 5.74) is 6.79. The van der Waals surface area contributed by atoms with Crippen LogP contribution in [0.1, 0.15) is 25.5 Å². The Balaban J connectivity index is 2.30. The summed E-state index contributed by atoms with van der Waals surface area (Å²) < 4.78 is 2.30. The van der Waals surface area contributed by atoms with Crippen LogP contribution >= 0.6 is 0 Å². The minimum absolute atomic E-state index is 0.767. The normalized spacial score (nSPS) is 10.7. The Bertz CT molecular complexity index is 242. The average Bonchev–Trinajstić information content (AvgIpc) is 2.61. The number of hydrogen-bond donors (Lipinski definition) is 2. The first-order valence-electron chi connectivity index (χ1n) is 5.43. The molecule has 3 N–H and O–H groups in total. The lowest BCUT2D eigenvalue weighted by molar-refractivity contribution is 0.593. The van der Waals surface area contributed by atoms with Crippen LogP contribution in [0, 0.1) is 0 Å². The minimum Gasteiger partial charge on any atom is -0.350 e. The summed E-state index contributed by atoms with van der Waals surface area (Å²) >= 11 is 0. The largest absolute Gasteiger partial charge is 0.350 e. The van der Waals surface area contributed by atoms with Crippen molar-refractivity contribution in [2.75, 3.05) is 13.1 Å². The molecule has 80 valence electrons. The second-order valence-electron chi connectivity index (χ2n) is 3.51. The van der Waals surface area contributed by atoms with Crippen LogP contribution in [0.15, 0.2) is 18.3 Å². The Morgan fingerprint density at radius 1 is 1.50 bits per heavy atom. The molecule has 1 aromatic rings. The van der Waals surface area contributed by atoms with E-state index in [1.54, 1.807) is 0 Å². The summed E-state index contributed by atoms with van der Waals surface area (Å²) in [4.78, 5) is 0. The molecular weight excluding hydrogens is 174 g/mol. The molecule has 0 atom stereocenters. The molecule has 0 aliphatic carbocycles. The van der Waals surface area contributed by atoms with Crippen molar-refractivity contribution in [1.29, 1.82) is 0 Å². The zero-order chi connectivity index (χ0) is 10.2. The van der Waals surface area contributed by atoms with Crippen LogP contribution in [0.25, 0.3) is 0 Å². The van der Waals surface area contributed by atoms with Crippen LogP contribution < -0.4 is 11.1 Å². The Kier molecular flexibility index (Phi) is 5.33. The number of nitrogens with zero attached hydrogens (tertiary/aromatic N) is 1. The molecule has 0 aliphatic heterocycles. The zero-order valence-electron chi connectivity index (χ0n) is 9.00. The molecule has 14 heavy (non-hydrogen) atoms. The molecular formula is C11H21N3. The lowest BCUT2D eigenvalue weighted by Crippen LogP contribution is -2.19. The van der Waals surface area contributed by atoms with Crippen molar-refractivity contribution in [3.63, 3.8) is 0 Å². The van der Waals surface area contributed by atoms with Gasteiger partial charge in [0.15, 0.2) is 0 Å². The number of nitrogens with two attached hydrogens (primary N) is 1. The van der Waals surface area contributed by atoms with Gasteiger partial charge in [-0.3, -0.25) is 0 Å². The third-order valence-corrected chi connectivity index (χ3v) is 2.25. The second-order valence-corrected chi connectivity index (χ2v) is 3.51. The van der Waals surface area contributed by atoms with Gasteiger partial charge < -0.3 is 15.6 Å². The number of hydrogen-bond acceptors (Lipinski definition) is 2. The van der Waals surface area contributed by atoms with E-state index in [2.05, 4.69) is 35.1 Å². The van der Waals surface area contributed by atoms with Crippen LogP contribution in [0.4, 0.5) is 0 Å². The number of aryl methyl sites for hydroxylation is 1. The molecule has 0 bridgehead atoms. The Morgan fingerprint density at radius 3 is 3.07 bits per heavy atom. The van der Waals surface area contributed by atoms with Crippen molar-refractivity contribution in [3.05, 3.63) is 24.0 Å². The number of rotatable bonds is 7. The van der Waals surface area contributed by atoms with Crippen LogP contribution in [0.5, 0.6) is 0 Å². The molecule has 0 aromatic carbocycles. The van der Waals surface area contributed by atoms with Crippen molar-refractivity contribution in [2.24, 2.45) is 5.73 Å². The van der Waals surface area contributed by atoms with Gasteiger partial charge in [-0.1, -0.05) is 6.92 Å². The molecule has 0 radical (unpaired) electrons. The highest BCUT2D eigenvalue weighted by atomic mass is 15.0. The highest BCUT2D eigenvalue weighted by Crippen LogP contribution is 2.02. The fourth-order valence-electron chi connectivity index (χ4n) is 1.51. The molecule has 0 spiro atoms. The highest BCUT2D eigenvalue weighted by Gasteiger charge is 1.98. The SMILES string of the molecule is CCCn1cccc1CNCCCN. The number of aromatic nitrogens is 1. The van der Waals surface area contributed by atoms with E-state index in [1.807, 2.05) is 0 Å². The van der Waals surface area contributed by atoms with Gasteiger partial charge in [-0.25, -0.2) is 0 Å². The van der Waals surface area contributed by atoms with Crippen LogP contribution in [-0.2, 0) is 13.1 Å². The molecule has 0 unspecified atom stereocenters. The van der Waals surface area contributed by atoms with Gasteiger partial charge in [0.2, 0.25) is 0 Å². The van der Waals surface area contributed by atoms with E-state index in [1.165, 1.54) is 12.1 Å². The summed E-state index contributed by atoms with van der Waals surface area (Å²) in [6, 6.07) is 4.28. The van der Waals surface area contributed by atoms with E-state index in [0.717, 1.165) is 32.6 Å². The Labute approximate surface area is 86.3 Å². The van der Waals surface area contributed by atoms with Crippen LogP contribution in [0.3, 0.4) is 0 Å². The van der Waals surface area contributed by atoms with Gasteiger partial charge >= 0.3 is 0 Å². The molecule has 0 aliphatic rings. The molecule has 3 heteroatoms. The maximum Gasteiger partial charge on any atom is 0.0359 e. The van der Waals surface area contributed by atoms with E-state index < -0.39 is 0 Å². The summed E-state index contributed by atoms with van der Waals surface area (Å²) in [5.74, 6) is 0. The van der Waals surface area contributed by atoms with Crippen molar-refractivity contribution in [1.82, 2.24) is 9.88 Å². The van der Waals surface area contributed by atoms with E-state index >= 15 is 0 Å². The summed E-state index contributed by atoms with van der Waals surface area (Å²) in [7, 11) is 0. The standard InChI is InChI=1S/C11H21N3/c1-2-8-14-9-3-5-11(14)10-13-7-4-6-12/h3,5,9,13H,2,4,6-8,10,12H2,1H3. The van der Waals surface area contributed by atoms with Gasteiger partial charge in [0.1, 0.15) is 0 Å². The van der Waals surface area contributed by atoms with Crippen LogP contribution in [-0.4, -0.2) is 17.7 Å². The first-order valence-corrected chi connectivity index (χ1v) is 5.43. The quantitative estimate of drug-likeness (QED) is 0.645. The molecule has 3 nitrogen and oxygen atoms in total. The second kappa shape index (κ2) is 6.62. The van der Waals surface area contributed by atoms with Crippen molar-refractivity contribution in [2.45, 2.75) is 32.9 Å². The van der Waals surface area contributed by atoms with Gasteiger partial charge in [0.25, 0.3) is 0 Å². The van der Waals surface area contributed by atoms with Crippen molar-refractivity contribution < 1.29 is 0 Å². The Hall–Kier alpha value is -0.800. The van der Waals surface area contributed by atoms with E-state index in [-0.39, 0.29) is 0 Å². The summed E-state index contributed by atoms with van der Waals surface area (Å²) in [6.07, 6.45) is 4.38. The monoisotopic (exact) mass is 195 g/mol. The zero-order valence-corrected chi connectivity index (χ0v) is 9.00. The van der Waals surface area contributed by atoms with E-state index in [9.17, 15) is 0 Å². The van der Waals surface area contributed by atoms with Gasteiger partial charge in [-0.05, 0) is 38.1 Å². The molecule has 0 fully saturated rings. The topological polar surface area (TPSA) is 43.0 Å². The molecule has 1 aromatic heterocycles. The molecule has 0 saturated heterocycles. The third kappa shape index (κ3) is 3.52. The number of nitrogens with one attached hydrogen (secondary N) is 1. The molecule has 0 saturated carbocycles. The van der Waals surface area contributed by atoms with Gasteiger partial charge in [-0.15, -0.1) is 0 Å². The summed E-state index contributed by atoms with van der Waals surface area (Å²) in [5, 5.41) is 3.39. The first-order chi connectivity index (χ1) is 6.88. The predicted octanol–water partition coefficient (Wildman–Crippen LogP) is 1.34. The summed E-state index contributed by atoms with van der Waals surface area (Å²) in [6.45, 7) is 6.04. The maximum atomic E-state index is 5.42. The minimum atomic E-state index is 0.767. The molecule has 1 heterocycles.